The van der Waals surface area contributed by atoms with Gasteiger partial charge in [0.05, 0.1) is 11.6 Å². The Morgan fingerprint density at radius 3 is 2.36 bits per heavy atom. The minimum Gasteiger partial charge on any atom is -0.444 e. The van der Waals surface area contributed by atoms with Crippen LogP contribution in [0.2, 0.25) is 0 Å². The van der Waals surface area contributed by atoms with Gasteiger partial charge >= 0.3 is 12.5 Å². The van der Waals surface area contributed by atoms with Crippen molar-refractivity contribution in [3.63, 3.8) is 0 Å². The third-order valence-corrected chi connectivity index (χ3v) is 9.35. The molecule has 5 rings (SSSR count). The van der Waals surface area contributed by atoms with Crippen molar-refractivity contribution in [3.8, 4) is 16.3 Å². The average Bonchev–Trinajstić information content (AvgIpc) is 3.62. The van der Waals surface area contributed by atoms with Crippen molar-refractivity contribution in [2.45, 2.75) is 116 Å². The van der Waals surface area contributed by atoms with E-state index < -0.39 is 17.7 Å². The molecule has 0 spiro atoms. The van der Waals surface area contributed by atoms with E-state index in [1.54, 1.807) is 11.6 Å². The molecule has 2 aliphatic heterocycles. The molecule has 2 atom stereocenters. The second-order valence-electron chi connectivity index (χ2n) is 13.3. The molecule has 0 aliphatic carbocycles. The van der Waals surface area contributed by atoms with E-state index >= 15 is 0 Å². The number of rotatable bonds is 3. The van der Waals surface area contributed by atoms with Gasteiger partial charge < -0.3 is 23.7 Å². The van der Waals surface area contributed by atoms with Crippen molar-refractivity contribution in [1.29, 1.82) is 0 Å². The Kier molecular flexibility index (Phi) is 10.8. The number of aromatic nitrogens is 2. The maximum absolute atomic E-state index is 13.6. The number of halogens is 3. The zero-order chi connectivity index (χ0) is 32.0. The summed E-state index contributed by atoms with van der Waals surface area (Å²) in [4.78, 5) is 26.5. The van der Waals surface area contributed by atoms with Gasteiger partial charge in [0.25, 0.3) is 6.01 Å². The van der Waals surface area contributed by atoms with Crippen LogP contribution in [-0.2, 0) is 4.74 Å². The van der Waals surface area contributed by atoms with Crippen LogP contribution in [0.25, 0.3) is 21.7 Å². The summed E-state index contributed by atoms with van der Waals surface area (Å²) in [7, 11) is 0. The summed E-state index contributed by atoms with van der Waals surface area (Å²) in [5, 5.41) is 2.42. The highest BCUT2D eigenvalue weighted by Crippen LogP contribution is 2.40. The molecule has 1 aromatic carbocycles. The summed E-state index contributed by atoms with van der Waals surface area (Å²) in [6, 6.07) is 2.85. The summed E-state index contributed by atoms with van der Waals surface area (Å²) >= 11 is 1.36. The van der Waals surface area contributed by atoms with Crippen molar-refractivity contribution in [3.05, 3.63) is 23.7 Å². The Morgan fingerprint density at radius 2 is 1.67 bits per heavy atom. The number of hydrogen-bond donors (Lipinski definition) is 0. The SMILES string of the molecule is CC(C)(C)OC(=O)N1CCCCCCCCCCC2CCCC1CN(c1nc3c(OC(F)(F)F)ccc(-c4nccs4)c3o1)C2. The highest BCUT2D eigenvalue weighted by Gasteiger charge is 2.36. The Hall–Kier alpha value is -3.02. The van der Waals surface area contributed by atoms with Crippen molar-refractivity contribution >= 4 is 34.5 Å². The molecule has 248 valence electrons. The van der Waals surface area contributed by atoms with E-state index in [9.17, 15) is 18.0 Å². The number of anilines is 1. The van der Waals surface area contributed by atoms with Crippen LogP contribution in [-0.4, -0.2) is 58.6 Å². The quantitative estimate of drug-likeness (QED) is 0.279. The molecule has 2 fully saturated rings. The lowest BCUT2D eigenvalue weighted by Gasteiger charge is -2.39. The predicted molar refractivity (Wildman–Crippen MR) is 170 cm³/mol. The Morgan fingerprint density at radius 1 is 0.956 bits per heavy atom. The van der Waals surface area contributed by atoms with E-state index in [1.165, 1.54) is 49.2 Å². The molecule has 4 heterocycles. The smallest absolute Gasteiger partial charge is 0.444 e. The van der Waals surface area contributed by atoms with E-state index in [0.29, 0.717) is 36.1 Å². The first-order valence-electron chi connectivity index (χ1n) is 16.3. The number of nitrogens with zero attached hydrogens (tertiary/aromatic N) is 4. The molecule has 12 heteroatoms. The second kappa shape index (κ2) is 14.6. The first-order valence-corrected chi connectivity index (χ1v) is 17.2. The fourth-order valence-corrected chi connectivity index (χ4v) is 7.13. The third kappa shape index (κ3) is 9.26. The van der Waals surface area contributed by atoms with Crippen LogP contribution in [0.15, 0.2) is 28.1 Å². The average molecular weight is 651 g/mol. The maximum Gasteiger partial charge on any atom is 0.573 e. The molecule has 2 aliphatic rings. The van der Waals surface area contributed by atoms with Crippen LogP contribution >= 0.6 is 11.3 Å². The van der Waals surface area contributed by atoms with E-state index in [4.69, 9.17) is 9.15 Å². The number of amides is 1. The topological polar surface area (TPSA) is 80.9 Å². The van der Waals surface area contributed by atoms with Crippen molar-refractivity contribution < 1.29 is 31.9 Å². The summed E-state index contributed by atoms with van der Waals surface area (Å²) < 4.78 is 56.9. The van der Waals surface area contributed by atoms with E-state index in [2.05, 4.69) is 14.7 Å². The second-order valence-corrected chi connectivity index (χ2v) is 14.2. The zero-order valence-electron chi connectivity index (χ0n) is 26.5. The van der Waals surface area contributed by atoms with Gasteiger partial charge in [-0.3, -0.25) is 0 Å². The van der Waals surface area contributed by atoms with E-state index in [-0.39, 0.29) is 29.2 Å². The molecule has 0 saturated carbocycles. The van der Waals surface area contributed by atoms with Crippen molar-refractivity contribution in [2.24, 2.45) is 5.92 Å². The van der Waals surface area contributed by atoms with Crippen LogP contribution in [0.3, 0.4) is 0 Å². The van der Waals surface area contributed by atoms with Gasteiger partial charge in [-0.15, -0.1) is 24.5 Å². The van der Waals surface area contributed by atoms with Crippen molar-refractivity contribution in [1.82, 2.24) is 14.9 Å². The molecule has 0 radical (unpaired) electrons. The normalized spacial score (nSPS) is 21.6. The van der Waals surface area contributed by atoms with Gasteiger partial charge in [0.15, 0.2) is 16.8 Å². The predicted octanol–water partition coefficient (Wildman–Crippen LogP) is 9.59. The molecular weight excluding hydrogens is 605 g/mol. The summed E-state index contributed by atoms with van der Waals surface area (Å²) in [5.41, 5.74) is 0.109. The van der Waals surface area contributed by atoms with Gasteiger partial charge in [-0.1, -0.05) is 51.4 Å². The first-order chi connectivity index (χ1) is 21.5. The van der Waals surface area contributed by atoms with Crippen LogP contribution in [0.1, 0.15) is 97.8 Å². The number of alkyl halides is 3. The maximum atomic E-state index is 13.6. The number of oxazole rings is 1. The highest BCUT2D eigenvalue weighted by molar-refractivity contribution is 7.13. The fraction of sp³-hybridized carbons (Fsp3) is 0.667. The number of benzene rings is 1. The Balaban J connectivity index is 1.54. The Labute approximate surface area is 267 Å². The van der Waals surface area contributed by atoms with Gasteiger partial charge in [0.1, 0.15) is 10.6 Å². The fourth-order valence-electron chi connectivity index (χ4n) is 6.47. The number of hydrogen-bond acceptors (Lipinski definition) is 8. The number of fused-ring (bicyclic) bond motifs is 5. The molecule has 1 amide bonds. The van der Waals surface area contributed by atoms with Crippen molar-refractivity contribution in [2.75, 3.05) is 24.5 Å². The summed E-state index contributed by atoms with van der Waals surface area (Å²) in [6.07, 6.45) is 9.30. The first kappa shape index (κ1) is 33.3. The molecule has 0 N–H and O–H groups in total. The van der Waals surface area contributed by atoms with E-state index in [1.807, 2.05) is 30.6 Å². The van der Waals surface area contributed by atoms with Crippen LogP contribution < -0.4 is 9.64 Å². The molecular formula is C33H45F3N4O4S. The lowest BCUT2D eigenvalue weighted by atomic mass is 9.90. The van der Waals surface area contributed by atoms with Gasteiger partial charge in [-0.25, -0.2) is 9.78 Å². The summed E-state index contributed by atoms with van der Waals surface area (Å²) in [5.74, 6) is -0.0500. The number of carbonyl (C=O) groups excluding carboxylic acids is 1. The number of ether oxygens (including phenoxy) is 2. The van der Waals surface area contributed by atoms with Gasteiger partial charge in [-0.2, -0.15) is 4.98 Å². The summed E-state index contributed by atoms with van der Waals surface area (Å²) in [6.45, 7) is 7.26. The molecule has 2 aromatic heterocycles. The molecule has 2 saturated heterocycles. The molecule has 3 aromatic rings. The molecule has 45 heavy (non-hydrogen) atoms. The zero-order valence-corrected chi connectivity index (χ0v) is 27.4. The standard InChI is InChI=1S/C33H45F3N4O4S/c1-32(2,3)44-31(41)40-19-11-9-7-5-4-6-8-10-13-23-14-12-15-24(40)22-39(21-23)30-38-27-26(43-33(34,35)36)17-16-25(28(27)42-30)29-37-18-20-45-29/h16-18,20,23-24H,4-15,19,21-22H2,1-3H3. The molecule has 2 unspecified atom stereocenters. The molecule has 2 bridgehead atoms. The lowest BCUT2D eigenvalue weighted by molar-refractivity contribution is -0.274. The van der Waals surface area contributed by atoms with Crippen LogP contribution in [0, 0.1) is 5.92 Å². The lowest BCUT2D eigenvalue weighted by Crippen LogP contribution is -2.50. The Bertz CT molecular complexity index is 1390. The van der Waals surface area contributed by atoms with Gasteiger partial charge in [0, 0.05) is 31.2 Å². The van der Waals surface area contributed by atoms with Crippen LogP contribution in [0.4, 0.5) is 24.0 Å². The highest BCUT2D eigenvalue weighted by atomic mass is 32.1. The largest absolute Gasteiger partial charge is 0.573 e. The van der Waals surface area contributed by atoms with Crippen LogP contribution in [0.5, 0.6) is 5.75 Å². The van der Waals surface area contributed by atoms with Gasteiger partial charge in [0.2, 0.25) is 0 Å². The van der Waals surface area contributed by atoms with E-state index in [0.717, 1.165) is 51.4 Å². The minimum atomic E-state index is -4.89. The number of carbonyl (C=O) groups is 1. The van der Waals surface area contributed by atoms with Gasteiger partial charge in [-0.05, 0) is 64.5 Å². The number of thiazole rings is 1. The molecule has 8 nitrogen and oxygen atoms in total. The minimum absolute atomic E-state index is 0.00340. The monoisotopic (exact) mass is 650 g/mol. The third-order valence-electron chi connectivity index (χ3n) is 8.54.